The monoisotopic (exact) mass is 402 g/mol. The van der Waals surface area contributed by atoms with E-state index in [1.165, 1.54) is 33.4 Å². The first-order valence-electron chi connectivity index (χ1n) is 8.98. The summed E-state index contributed by atoms with van der Waals surface area (Å²) in [6.07, 6.45) is 14.7. The molecule has 1 atom stereocenters. The van der Waals surface area contributed by atoms with Crippen molar-refractivity contribution < 1.29 is 26.2 Å². The van der Waals surface area contributed by atoms with Crippen molar-refractivity contribution in [2.45, 2.75) is 38.5 Å². The second-order valence-electron chi connectivity index (χ2n) is 7.00. The zero-order chi connectivity index (χ0) is 16.6. The van der Waals surface area contributed by atoms with Crippen LogP contribution in [0, 0.1) is 0 Å². The topological polar surface area (TPSA) is 0 Å². The summed E-state index contributed by atoms with van der Waals surface area (Å²) < 4.78 is 0. The van der Waals surface area contributed by atoms with Crippen LogP contribution < -0.4 is 0 Å². The maximum Gasteiger partial charge on any atom is 0.0322 e. The molecule has 2 aliphatic rings. The second-order valence-corrected chi connectivity index (χ2v) is 7.00. The molecule has 2 aromatic rings. The molecule has 0 amide bonds. The van der Waals surface area contributed by atoms with Crippen molar-refractivity contribution in [2.75, 3.05) is 0 Å². The molecule has 0 N–H and O–H groups in total. The van der Waals surface area contributed by atoms with Crippen molar-refractivity contribution in [1.82, 2.24) is 0 Å². The summed E-state index contributed by atoms with van der Waals surface area (Å²) in [6, 6.07) is 15.7. The Hall–Kier alpha value is -1.46. The summed E-state index contributed by atoms with van der Waals surface area (Å²) in [7, 11) is 0. The van der Waals surface area contributed by atoms with E-state index in [4.69, 9.17) is 0 Å². The maximum atomic E-state index is 2.42. The van der Waals surface area contributed by atoms with Crippen molar-refractivity contribution in [3.8, 4) is 11.1 Å². The summed E-state index contributed by atoms with van der Waals surface area (Å²) in [4.78, 5) is 0. The molecule has 0 heterocycles. The van der Waals surface area contributed by atoms with Gasteiger partial charge < -0.3 is 0 Å². The smallest absolute Gasteiger partial charge is 0.0322 e. The van der Waals surface area contributed by atoms with Crippen LogP contribution in [-0.4, -0.2) is 0 Å². The molecule has 0 aliphatic heterocycles. The van der Waals surface area contributed by atoms with Crippen molar-refractivity contribution in [1.29, 1.82) is 0 Å². The Balaban J connectivity index is 0.00000182. The Labute approximate surface area is 170 Å². The molecule has 0 radical (unpaired) electrons. The van der Waals surface area contributed by atoms with Crippen LogP contribution in [-0.2, 0) is 38.0 Å². The van der Waals surface area contributed by atoms with Gasteiger partial charge in [0.1, 0.15) is 0 Å². The second kappa shape index (κ2) is 7.42. The van der Waals surface area contributed by atoms with Gasteiger partial charge >= 0.3 is 0 Å². The van der Waals surface area contributed by atoms with Crippen LogP contribution >= 0.6 is 0 Å². The molecule has 124 valence electrons. The largest absolute Gasteiger partial charge is 0.0876 e. The maximum absolute atomic E-state index is 2.42. The van der Waals surface area contributed by atoms with E-state index in [-0.39, 0.29) is 31.6 Å². The van der Waals surface area contributed by atoms with E-state index in [9.17, 15) is 0 Å². The first-order chi connectivity index (χ1) is 11.7. The van der Waals surface area contributed by atoms with Gasteiger partial charge in [-0.25, -0.2) is 0 Å². The van der Waals surface area contributed by atoms with Gasteiger partial charge in [-0.1, -0.05) is 85.3 Å². The number of rotatable bonds is 4. The van der Waals surface area contributed by atoms with E-state index in [2.05, 4.69) is 86.7 Å². The van der Waals surface area contributed by atoms with E-state index < -0.39 is 0 Å². The minimum absolute atomic E-state index is 0. The van der Waals surface area contributed by atoms with Gasteiger partial charge in [0, 0.05) is 31.6 Å². The minimum atomic E-state index is -0.0209. The average molecular weight is 404 g/mol. The Morgan fingerprint density at radius 1 is 1.04 bits per heavy atom. The van der Waals surface area contributed by atoms with Crippen LogP contribution in [0.25, 0.3) is 11.1 Å². The third-order valence-electron chi connectivity index (χ3n) is 5.54. The average Bonchev–Trinajstić information content (AvgIpc) is 3.27. The van der Waals surface area contributed by atoms with Gasteiger partial charge in [-0.05, 0) is 54.0 Å². The summed E-state index contributed by atoms with van der Waals surface area (Å²) in [5.41, 5.74) is 8.75. The molecule has 1 unspecified atom stereocenters. The summed E-state index contributed by atoms with van der Waals surface area (Å²) >= 11 is 0. The van der Waals surface area contributed by atoms with Crippen LogP contribution in [0.3, 0.4) is 0 Å². The normalized spacial score (nSPS) is 17.0. The van der Waals surface area contributed by atoms with Crippen molar-refractivity contribution in [2.24, 2.45) is 0 Å². The molecule has 0 fully saturated rings. The van der Waals surface area contributed by atoms with Crippen LogP contribution in [0.2, 0.25) is 0 Å². The third-order valence-corrected chi connectivity index (χ3v) is 5.54. The molecule has 25 heavy (non-hydrogen) atoms. The quantitative estimate of drug-likeness (QED) is 0.444. The first kappa shape index (κ1) is 18.3. The van der Waals surface area contributed by atoms with Crippen LogP contribution in [0.4, 0.5) is 0 Å². The Bertz CT molecular complexity index is 869. The van der Waals surface area contributed by atoms with E-state index in [1.54, 1.807) is 0 Å². The fourth-order valence-electron chi connectivity index (χ4n) is 4.20. The number of fused-ring (bicyclic) bond motifs is 3. The van der Waals surface area contributed by atoms with Crippen LogP contribution in [0.15, 0.2) is 78.4 Å². The molecule has 0 aromatic heterocycles. The van der Waals surface area contributed by atoms with Crippen LogP contribution in [0.5, 0.6) is 0 Å². The zero-order valence-electron chi connectivity index (χ0n) is 15.0. The summed E-state index contributed by atoms with van der Waals surface area (Å²) in [5, 5.41) is 0. The molecule has 0 spiro atoms. The Kier molecular flexibility index (Phi) is 5.44. The number of allylic oxidation sites excluding steroid dienone is 6. The van der Waals surface area contributed by atoms with Gasteiger partial charge in [-0.3, -0.25) is 0 Å². The molecule has 0 nitrogen and oxygen atoms in total. The van der Waals surface area contributed by atoms with E-state index >= 15 is 0 Å². The molecule has 0 saturated carbocycles. The Morgan fingerprint density at radius 2 is 1.84 bits per heavy atom. The molecule has 0 bridgehead atoms. The molecule has 1 heteroatoms. The molecular weight excluding hydrogens is 379 g/mol. The number of hydrogen-bond acceptors (Lipinski definition) is 0. The predicted octanol–water partition coefficient (Wildman–Crippen LogP) is 6.37. The molecule has 2 aromatic carbocycles. The van der Waals surface area contributed by atoms with Crippen LogP contribution in [0.1, 0.15) is 43.4 Å². The van der Waals surface area contributed by atoms with E-state index in [0.717, 1.165) is 19.3 Å². The first-order valence-corrected chi connectivity index (χ1v) is 8.98. The SMILES string of the molecule is CCC=CC(C)(C1=CC=CC1)c1cccc2c1Cc1ccccc1-2.[Zr]. The molecule has 0 saturated heterocycles. The fourth-order valence-corrected chi connectivity index (χ4v) is 4.20. The Morgan fingerprint density at radius 3 is 2.60 bits per heavy atom. The fraction of sp³-hybridized carbons (Fsp3) is 0.250. The molecular formula is C24H24Zr. The van der Waals surface area contributed by atoms with Gasteiger partial charge in [0.05, 0.1) is 0 Å². The van der Waals surface area contributed by atoms with Crippen molar-refractivity contribution in [3.63, 3.8) is 0 Å². The van der Waals surface area contributed by atoms with Gasteiger partial charge in [-0.2, -0.15) is 0 Å². The third kappa shape index (κ3) is 3.08. The van der Waals surface area contributed by atoms with E-state index in [1.807, 2.05) is 0 Å². The van der Waals surface area contributed by atoms with Gasteiger partial charge in [0.25, 0.3) is 0 Å². The molecule has 4 rings (SSSR count). The van der Waals surface area contributed by atoms with Gasteiger partial charge in [0.2, 0.25) is 0 Å². The predicted molar refractivity (Wildman–Crippen MR) is 103 cm³/mol. The molecule has 2 aliphatic carbocycles. The number of benzene rings is 2. The van der Waals surface area contributed by atoms with Gasteiger partial charge in [-0.15, -0.1) is 0 Å². The van der Waals surface area contributed by atoms with E-state index in [0.29, 0.717) is 0 Å². The standard InChI is InChI=1S/C24H24.Zr/c1-3-4-16-24(2,19-11-6-7-12-19)23-15-9-14-21-20-13-8-5-10-18(20)17-22(21)23;/h4-11,13-16H,3,12,17H2,1-2H3;. The number of hydrogen-bond donors (Lipinski definition) is 0. The van der Waals surface area contributed by atoms with Crippen molar-refractivity contribution in [3.05, 3.63) is 95.1 Å². The van der Waals surface area contributed by atoms with Gasteiger partial charge in [0.15, 0.2) is 0 Å². The van der Waals surface area contributed by atoms with Crippen molar-refractivity contribution >= 4 is 0 Å². The summed E-state index contributed by atoms with van der Waals surface area (Å²) in [5.74, 6) is 0. The summed E-state index contributed by atoms with van der Waals surface area (Å²) in [6.45, 7) is 4.60. The minimum Gasteiger partial charge on any atom is -0.0876 e. The zero-order valence-corrected chi connectivity index (χ0v) is 17.5.